The first kappa shape index (κ1) is 12.5. The molecule has 0 aromatic heterocycles. The largest absolute Gasteiger partial charge is 0.380 e. The molecule has 0 aromatic rings. The number of hydrogen-bond donors (Lipinski definition) is 1. The first-order valence-electron chi connectivity index (χ1n) is 5.97. The van der Waals surface area contributed by atoms with Crippen molar-refractivity contribution in [2.24, 2.45) is 11.7 Å². The van der Waals surface area contributed by atoms with Crippen molar-refractivity contribution in [2.45, 2.75) is 57.6 Å². The van der Waals surface area contributed by atoms with Crippen LogP contribution in [-0.2, 0) is 4.74 Å². The Morgan fingerprint density at radius 2 is 2.00 bits per heavy atom. The highest BCUT2D eigenvalue weighted by atomic mass is 16.5. The fraction of sp³-hybridized carbons (Fsp3) is 0.846. The molecule has 1 saturated carbocycles. The summed E-state index contributed by atoms with van der Waals surface area (Å²) in [4.78, 5) is 0. The van der Waals surface area contributed by atoms with Crippen molar-refractivity contribution in [1.29, 1.82) is 0 Å². The first-order chi connectivity index (χ1) is 7.29. The number of methoxy groups -OCH3 is 1. The summed E-state index contributed by atoms with van der Waals surface area (Å²) >= 11 is 0. The van der Waals surface area contributed by atoms with Gasteiger partial charge in [0.1, 0.15) is 0 Å². The van der Waals surface area contributed by atoms with Crippen molar-refractivity contribution in [3.63, 3.8) is 0 Å². The Labute approximate surface area is 93.6 Å². The van der Waals surface area contributed by atoms with E-state index in [9.17, 15) is 0 Å². The van der Waals surface area contributed by atoms with Gasteiger partial charge in [0.2, 0.25) is 0 Å². The van der Waals surface area contributed by atoms with Crippen molar-refractivity contribution >= 4 is 0 Å². The van der Waals surface area contributed by atoms with E-state index in [2.05, 4.69) is 11.8 Å². The van der Waals surface area contributed by atoms with Gasteiger partial charge in [0.25, 0.3) is 0 Å². The summed E-state index contributed by atoms with van der Waals surface area (Å²) in [5.74, 6) is 6.59. The summed E-state index contributed by atoms with van der Waals surface area (Å²) in [6.45, 7) is 1.86. The molecule has 15 heavy (non-hydrogen) atoms. The predicted octanol–water partition coefficient (Wildman–Crippen LogP) is 2.32. The molecule has 2 heteroatoms. The molecule has 1 aliphatic carbocycles. The van der Waals surface area contributed by atoms with Crippen molar-refractivity contribution in [2.75, 3.05) is 7.11 Å². The highest BCUT2D eigenvalue weighted by molar-refractivity contribution is 5.00. The highest BCUT2D eigenvalue weighted by Crippen LogP contribution is 2.29. The molecule has 86 valence electrons. The molecule has 0 aromatic carbocycles. The first-order valence-corrected chi connectivity index (χ1v) is 5.97. The number of nitrogens with two attached hydrogens (primary N) is 1. The normalized spacial score (nSPS) is 21.5. The van der Waals surface area contributed by atoms with Gasteiger partial charge in [-0.2, -0.15) is 0 Å². The molecule has 0 saturated heterocycles. The van der Waals surface area contributed by atoms with Crippen LogP contribution >= 0.6 is 0 Å². The van der Waals surface area contributed by atoms with Gasteiger partial charge < -0.3 is 10.5 Å². The lowest BCUT2D eigenvalue weighted by molar-refractivity contribution is 0.0189. The number of rotatable bonds is 4. The number of hydrogen-bond acceptors (Lipinski definition) is 2. The zero-order chi connectivity index (χ0) is 11.1. The highest BCUT2D eigenvalue weighted by Gasteiger charge is 2.27. The Bertz CT molecular complexity index is 222. The van der Waals surface area contributed by atoms with Crippen molar-refractivity contribution in [3.05, 3.63) is 0 Å². The quantitative estimate of drug-likeness (QED) is 0.721. The molecular weight excluding hydrogens is 186 g/mol. The molecule has 2 atom stereocenters. The second kappa shape index (κ2) is 6.87. The molecule has 1 rings (SSSR count). The van der Waals surface area contributed by atoms with Gasteiger partial charge in [0.05, 0.1) is 6.10 Å². The lowest BCUT2D eigenvalue weighted by Crippen LogP contribution is -2.42. The van der Waals surface area contributed by atoms with Crippen LogP contribution in [0, 0.1) is 17.8 Å². The van der Waals surface area contributed by atoms with Gasteiger partial charge in [-0.25, -0.2) is 0 Å². The van der Waals surface area contributed by atoms with Crippen LogP contribution in [0.5, 0.6) is 0 Å². The second-order valence-corrected chi connectivity index (χ2v) is 4.39. The zero-order valence-electron chi connectivity index (χ0n) is 9.96. The van der Waals surface area contributed by atoms with Crippen LogP contribution in [0.2, 0.25) is 0 Å². The smallest absolute Gasteiger partial charge is 0.0759 e. The molecule has 0 heterocycles. The predicted molar refractivity (Wildman–Crippen MR) is 63.4 cm³/mol. The molecule has 0 spiro atoms. The molecule has 2 N–H and O–H groups in total. The molecule has 1 aliphatic rings. The van der Waals surface area contributed by atoms with Gasteiger partial charge in [-0.05, 0) is 25.7 Å². The minimum atomic E-state index is 0.0746. The molecule has 2 nitrogen and oxygen atoms in total. The van der Waals surface area contributed by atoms with E-state index in [0.29, 0.717) is 5.92 Å². The maximum Gasteiger partial charge on any atom is 0.0759 e. The van der Waals surface area contributed by atoms with Crippen molar-refractivity contribution in [3.8, 4) is 11.8 Å². The maximum absolute atomic E-state index is 6.12. The Balaban J connectivity index is 2.47. The van der Waals surface area contributed by atoms with E-state index in [1.54, 1.807) is 7.11 Å². The Hall–Kier alpha value is -0.520. The summed E-state index contributed by atoms with van der Waals surface area (Å²) in [5.41, 5.74) is 6.12. The van der Waals surface area contributed by atoms with Gasteiger partial charge >= 0.3 is 0 Å². The molecule has 0 radical (unpaired) electrons. The maximum atomic E-state index is 6.12. The summed E-state index contributed by atoms with van der Waals surface area (Å²) in [5, 5.41) is 0. The Morgan fingerprint density at radius 1 is 1.33 bits per heavy atom. The standard InChI is InChI=1S/C13H23NO/c1-3-4-10-12(14)13(15-2)11-8-6-5-7-9-11/h11-13H,5-10,14H2,1-2H3. The summed E-state index contributed by atoms with van der Waals surface area (Å²) in [6.07, 6.45) is 7.53. The third-order valence-electron chi connectivity index (χ3n) is 3.32. The van der Waals surface area contributed by atoms with E-state index in [0.717, 1.165) is 6.42 Å². The molecule has 0 amide bonds. The van der Waals surface area contributed by atoms with E-state index in [-0.39, 0.29) is 12.1 Å². The van der Waals surface area contributed by atoms with Crippen LogP contribution in [0.15, 0.2) is 0 Å². The fourth-order valence-corrected chi connectivity index (χ4v) is 2.52. The molecule has 1 fully saturated rings. The van der Waals surface area contributed by atoms with Crippen LogP contribution in [-0.4, -0.2) is 19.3 Å². The Morgan fingerprint density at radius 3 is 2.53 bits per heavy atom. The molecular formula is C13H23NO. The lowest BCUT2D eigenvalue weighted by Gasteiger charge is -2.32. The third-order valence-corrected chi connectivity index (χ3v) is 3.32. The summed E-state index contributed by atoms with van der Waals surface area (Å²) in [7, 11) is 1.78. The van der Waals surface area contributed by atoms with E-state index < -0.39 is 0 Å². The molecule has 2 unspecified atom stereocenters. The van der Waals surface area contributed by atoms with Crippen LogP contribution in [0.4, 0.5) is 0 Å². The van der Waals surface area contributed by atoms with Crippen LogP contribution < -0.4 is 5.73 Å². The average molecular weight is 209 g/mol. The van der Waals surface area contributed by atoms with Crippen molar-refractivity contribution < 1.29 is 4.74 Å². The van der Waals surface area contributed by atoms with Crippen LogP contribution in [0.25, 0.3) is 0 Å². The van der Waals surface area contributed by atoms with Gasteiger partial charge in [-0.15, -0.1) is 11.8 Å². The van der Waals surface area contributed by atoms with Crippen LogP contribution in [0.1, 0.15) is 45.4 Å². The molecule has 0 aliphatic heterocycles. The zero-order valence-corrected chi connectivity index (χ0v) is 9.96. The summed E-state index contributed by atoms with van der Waals surface area (Å²) < 4.78 is 5.56. The van der Waals surface area contributed by atoms with Crippen LogP contribution in [0.3, 0.4) is 0 Å². The van der Waals surface area contributed by atoms with E-state index >= 15 is 0 Å². The van der Waals surface area contributed by atoms with Crippen molar-refractivity contribution in [1.82, 2.24) is 0 Å². The summed E-state index contributed by atoms with van der Waals surface area (Å²) in [6, 6.07) is 0.0746. The minimum Gasteiger partial charge on any atom is -0.380 e. The average Bonchev–Trinajstić information content (AvgIpc) is 2.29. The van der Waals surface area contributed by atoms with Gasteiger partial charge in [-0.1, -0.05) is 19.3 Å². The monoisotopic (exact) mass is 209 g/mol. The second-order valence-electron chi connectivity index (χ2n) is 4.39. The fourth-order valence-electron chi connectivity index (χ4n) is 2.52. The van der Waals surface area contributed by atoms with E-state index in [1.165, 1.54) is 32.1 Å². The number of ether oxygens (including phenoxy) is 1. The van der Waals surface area contributed by atoms with Gasteiger partial charge in [0, 0.05) is 19.6 Å². The SMILES string of the molecule is CC#CCC(N)C(OC)C1CCCCC1. The van der Waals surface area contributed by atoms with Gasteiger partial charge in [-0.3, -0.25) is 0 Å². The van der Waals surface area contributed by atoms with E-state index in [4.69, 9.17) is 10.5 Å². The topological polar surface area (TPSA) is 35.2 Å². The Kier molecular flexibility index (Phi) is 5.75. The van der Waals surface area contributed by atoms with Gasteiger partial charge in [0.15, 0.2) is 0 Å². The molecule has 0 bridgehead atoms. The van der Waals surface area contributed by atoms with E-state index in [1.807, 2.05) is 6.92 Å². The third kappa shape index (κ3) is 3.85. The lowest BCUT2D eigenvalue weighted by atomic mass is 9.82. The minimum absolute atomic E-state index is 0.0746.